The third-order valence-electron chi connectivity index (χ3n) is 3.18. The Bertz CT molecular complexity index is 775. The normalized spacial score (nSPS) is 11.6. The summed E-state index contributed by atoms with van der Waals surface area (Å²) in [6.45, 7) is 0. The van der Waals surface area contributed by atoms with Crippen molar-refractivity contribution in [2.75, 3.05) is 20.5 Å². The molecule has 2 rings (SSSR count). The molecule has 5 heteroatoms. The summed E-state index contributed by atoms with van der Waals surface area (Å²) in [6.07, 6.45) is 5.03. The predicted octanol–water partition coefficient (Wildman–Crippen LogP) is 3.28. The first-order valence-electron chi connectivity index (χ1n) is 6.64. The molecular formula is C17H18O4S. The topological polar surface area (TPSA) is 52.6 Å². The molecule has 0 N–H and O–H groups in total. The van der Waals surface area contributed by atoms with Crippen LogP contribution in [0.5, 0.6) is 11.5 Å². The molecule has 0 aromatic heterocycles. The van der Waals surface area contributed by atoms with Crippen molar-refractivity contribution >= 4 is 22.0 Å². The van der Waals surface area contributed by atoms with Crippen LogP contribution in [-0.2, 0) is 9.84 Å². The van der Waals surface area contributed by atoms with Crippen molar-refractivity contribution in [1.82, 2.24) is 0 Å². The van der Waals surface area contributed by atoms with E-state index < -0.39 is 9.84 Å². The van der Waals surface area contributed by atoms with Gasteiger partial charge in [0, 0.05) is 6.26 Å². The van der Waals surface area contributed by atoms with E-state index >= 15 is 0 Å². The molecule has 2 aromatic rings. The fourth-order valence-corrected chi connectivity index (χ4v) is 2.61. The van der Waals surface area contributed by atoms with E-state index in [0.29, 0.717) is 16.4 Å². The summed E-state index contributed by atoms with van der Waals surface area (Å²) in [5.74, 6) is 1.34. The largest absolute Gasteiger partial charge is 0.493 e. The number of hydrogen-bond acceptors (Lipinski definition) is 4. The van der Waals surface area contributed by atoms with Gasteiger partial charge in [-0.25, -0.2) is 8.42 Å². The van der Waals surface area contributed by atoms with Crippen molar-refractivity contribution < 1.29 is 17.9 Å². The second kappa shape index (κ2) is 6.66. The molecule has 4 nitrogen and oxygen atoms in total. The predicted molar refractivity (Wildman–Crippen MR) is 88.0 cm³/mol. The molecule has 0 spiro atoms. The highest BCUT2D eigenvalue weighted by Crippen LogP contribution is 2.28. The summed E-state index contributed by atoms with van der Waals surface area (Å²) in [6, 6.07) is 12.4. The molecule has 0 fully saturated rings. The molecule has 0 bridgehead atoms. The summed E-state index contributed by atoms with van der Waals surface area (Å²) >= 11 is 0. The van der Waals surface area contributed by atoms with Crippen LogP contribution < -0.4 is 9.47 Å². The molecule has 0 unspecified atom stereocenters. The van der Waals surface area contributed by atoms with Crippen molar-refractivity contribution in [2.45, 2.75) is 4.90 Å². The van der Waals surface area contributed by atoms with E-state index in [0.717, 1.165) is 11.1 Å². The molecule has 0 heterocycles. The molecule has 0 amide bonds. The molecule has 0 aliphatic heterocycles. The first-order valence-corrected chi connectivity index (χ1v) is 8.53. The van der Waals surface area contributed by atoms with Crippen LogP contribution in [0.4, 0.5) is 0 Å². The van der Waals surface area contributed by atoms with E-state index in [9.17, 15) is 8.42 Å². The fourth-order valence-electron chi connectivity index (χ4n) is 1.98. The van der Waals surface area contributed by atoms with Gasteiger partial charge < -0.3 is 9.47 Å². The molecule has 0 saturated heterocycles. The molecule has 0 atom stereocenters. The SMILES string of the molecule is COc1ccc(/C=C/c2ccc(S(C)(=O)=O)cc2)cc1OC. The standard InChI is InChI=1S/C17H18O4S/c1-20-16-11-8-14(12-17(16)21-2)5-4-13-6-9-15(10-7-13)22(3,18)19/h4-12H,1-3H3/b5-4+. The van der Waals surface area contributed by atoms with Gasteiger partial charge in [0.1, 0.15) is 0 Å². The van der Waals surface area contributed by atoms with Gasteiger partial charge in [0.2, 0.25) is 0 Å². The zero-order chi connectivity index (χ0) is 16.2. The van der Waals surface area contributed by atoms with E-state index in [4.69, 9.17) is 9.47 Å². The Labute approximate surface area is 130 Å². The van der Waals surface area contributed by atoms with Gasteiger partial charge in [0.25, 0.3) is 0 Å². The summed E-state index contributed by atoms with van der Waals surface area (Å²) in [4.78, 5) is 0.316. The minimum atomic E-state index is -3.16. The second-order valence-corrected chi connectivity index (χ2v) is 6.80. The third kappa shape index (κ3) is 3.89. The number of ether oxygens (including phenoxy) is 2. The van der Waals surface area contributed by atoms with Crippen LogP contribution in [-0.4, -0.2) is 28.9 Å². The van der Waals surface area contributed by atoms with Gasteiger partial charge in [-0.2, -0.15) is 0 Å². The second-order valence-electron chi connectivity index (χ2n) is 4.79. The van der Waals surface area contributed by atoms with E-state index in [-0.39, 0.29) is 0 Å². The van der Waals surface area contributed by atoms with Crippen LogP contribution in [0.2, 0.25) is 0 Å². The van der Waals surface area contributed by atoms with Gasteiger partial charge >= 0.3 is 0 Å². The van der Waals surface area contributed by atoms with Crippen molar-refractivity contribution in [3.8, 4) is 11.5 Å². The van der Waals surface area contributed by atoms with Crippen molar-refractivity contribution in [2.24, 2.45) is 0 Å². The fraction of sp³-hybridized carbons (Fsp3) is 0.176. The quantitative estimate of drug-likeness (QED) is 0.794. The number of methoxy groups -OCH3 is 2. The molecule has 0 radical (unpaired) electrons. The molecule has 116 valence electrons. The number of rotatable bonds is 5. The minimum Gasteiger partial charge on any atom is -0.493 e. The molecule has 0 saturated carbocycles. The van der Waals surface area contributed by atoms with E-state index in [1.54, 1.807) is 38.5 Å². The van der Waals surface area contributed by atoms with Gasteiger partial charge in [-0.15, -0.1) is 0 Å². The first-order chi connectivity index (χ1) is 10.4. The number of sulfone groups is 1. The average molecular weight is 318 g/mol. The molecule has 0 aliphatic rings. The van der Waals surface area contributed by atoms with Crippen LogP contribution >= 0.6 is 0 Å². The highest BCUT2D eigenvalue weighted by Gasteiger charge is 2.05. The Kier molecular flexibility index (Phi) is 4.88. The molecule has 2 aromatic carbocycles. The van der Waals surface area contributed by atoms with Crippen LogP contribution in [0.3, 0.4) is 0 Å². The molecular weight excluding hydrogens is 300 g/mol. The van der Waals surface area contributed by atoms with Gasteiger partial charge in [-0.05, 0) is 35.4 Å². The lowest BCUT2D eigenvalue weighted by Gasteiger charge is -2.07. The summed E-state index contributed by atoms with van der Waals surface area (Å²) in [7, 11) is 0.0286. The van der Waals surface area contributed by atoms with Gasteiger partial charge in [-0.1, -0.05) is 30.4 Å². The maximum Gasteiger partial charge on any atom is 0.175 e. The zero-order valence-electron chi connectivity index (χ0n) is 12.7. The first kappa shape index (κ1) is 16.1. The maximum absolute atomic E-state index is 11.4. The van der Waals surface area contributed by atoms with Crippen molar-refractivity contribution in [3.05, 3.63) is 53.6 Å². The van der Waals surface area contributed by atoms with Gasteiger partial charge in [0.05, 0.1) is 19.1 Å². The lowest BCUT2D eigenvalue weighted by Crippen LogP contribution is -1.96. The Morgan fingerprint density at radius 1 is 0.818 bits per heavy atom. The van der Waals surface area contributed by atoms with Crippen LogP contribution in [0.25, 0.3) is 12.2 Å². The highest BCUT2D eigenvalue weighted by atomic mass is 32.2. The summed E-state index contributed by atoms with van der Waals surface area (Å²) in [5, 5.41) is 0. The number of hydrogen-bond donors (Lipinski definition) is 0. The van der Waals surface area contributed by atoms with E-state index in [1.165, 1.54) is 6.26 Å². The maximum atomic E-state index is 11.4. The average Bonchev–Trinajstić information content (AvgIpc) is 2.52. The van der Waals surface area contributed by atoms with Crippen molar-refractivity contribution in [1.29, 1.82) is 0 Å². The zero-order valence-corrected chi connectivity index (χ0v) is 13.6. The lowest BCUT2D eigenvalue weighted by atomic mass is 10.1. The van der Waals surface area contributed by atoms with E-state index in [2.05, 4.69) is 0 Å². The Hall–Kier alpha value is -2.27. The molecule has 0 aliphatic carbocycles. The molecule has 22 heavy (non-hydrogen) atoms. The summed E-state index contributed by atoms with van der Waals surface area (Å²) < 4.78 is 33.3. The Morgan fingerprint density at radius 2 is 1.36 bits per heavy atom. The third-order valence-corrected chi connectivity index (χ3v) is 4.31. The number of benzene rings is 2. The van der Waals surface area contributed by atoms with Crippen molar-refractivity contribution in [3.63, 3.8) is 0 Å². The monoisotopic (exact) mass is 318 g/mol. The van der Waals surface area contributed by atoms with Crippen LogP contribution in [0, 0.1) is 0 Å². The smallest absolute Gasteiger partial charge is 0.175 e. The lowest BCUT2D eigenvalue weighted by molar-refractivity contribution is 0.355. The Balaban J connectivity index is 2.21. The van der Waals surface area contributed by atoms with Gasteiger partial charge in [-0.3, -0.25) is 0 Å². The minimum absolute atomic E-state index is 0.316. The van der Waals surface area contributed by atoms with Gasteiger partial charge in [0.15, 0.2) is 21.3 Å². The highest BCUT2D eigenvalue weighted by molar-refractivity contribution is 7.90. The van der Waals surface area contributed by atoms with Crippen LogP contribution in [0.15, 0.2) is 47.4 Å². The summed E-state index contributed by atoms with van der Waals surface area (Å²) in [5.41, 5.74) is 1.88. The Morgan fingerprint density at radius 3 is 1.91 bits per heavy atom. The van der Waals surface area contributed by atoms with E-state index in [1.807, 2.05) is 30.4 Å². The van der Waals surface area contributed by atoms with Crippen LogP contribution in [0.1, 0.15) is 11.1 Å².